The molecule has 25 heavy (non-hydrogen) atoms. The monoisotopic (exact) mass is 379 g/mol. The van der Waals surface area contributed by atoms with Crippen LogP contribution in [0.1, 0.15) is 17.3 Å². The molecule has 0 bridgehead atoms. The fourth-order valence-corrected chi connectivity index (χ4v) is 3.41. The molecule has 0 aliphatic heterocycles. The van der Waals surface area contributed by atoms with E-state index in [0.29, 0.717) is 16.2 Å². The minimum atomic E-state index is -3.78. The van der Waals surface area contributed by atoms with Crippen molar-refractivity contribution in [3.05, 3.63) is 59.4 Å². The maximum absolute atomic E-state index is 12.4. The molecule has 0 atom stereocenters. The van der Waals surface area contributed by atoms with E-state index < -0.39 is 16.0 Å². The standard InChI is InChI=1S/C16H14ClN3O4S/c1-2-24-16(21)14-10-18-20-8-7-12(9-15(14)20)19-25(22,23)13-5-3-11(17)4-6-13/h3-10,19H,2H2,1H3. The van der Waals surface area contributed by atoms with Crippen molar-refractivity contribution in [3.8, 4) is 0 Å². The number of hydrogen-bond donors (Lipinski definition) is 1. The van der Waals surface area contributed by atoms with Crippen LogP contribution in [0.3, 0.4) is 0 Å². The second-order valence-electron chi connectivity index (χ2n) is 5.08. The van der Waals surface area contributed by atoms with Gasteiger partial charge in [-0.2, -0.15) is 5.10 Å². The predicted octanol–water partition coefficient (Wildman–Crippen LogP) is 2.97. The molecule has 3 rings (SSSR count). The van der Waals surface area contributed by atoms with E-state index in [1.165, 1.54) is 41.0 Å². The fourth-order valence-electron chi connectivity index (χ4n) is 2.24. The number of nitrogens with one attached hydrogen (secondary N) is 1. The van der Waals surface area contributed by atoms with E-state index in [1.54, 1.807) is 19.2 Å². The largest absolute Gasteiger partial charge is 0.462 e. The SMILES string of the molecule is CCOC(=O)c1cnn2ccc(NS(=O)(=O)c3ccc(Cl)cc3)cc12. The highest BCUT2D eigenvalue weighted by Gasteiger charge is 2.17. The summed E-state index contributed by atoms with van der Waals surface area (Å²) in [4.78, 5) is 12.0. The number of anilines is 1. The van der Waals surface area contributed by atoms with Gasteiger partial charge in [-0.15, -0.1) is 0 Å². The first-order valence-corrected chi connectivity index (χ1v) is 9.20. The van der Waals surface area contributed by atoms with Crippen LogP contribution in [0, 0.1) is 0 Å². The zero-order valence-corrected chi connectivity index (χ0v) is 14.7. The minimum Gasteiger partial charge on any atom is -0.462 e. The lowest BCUT2D eigenvalue weighted by molar-refractivity contribution is 0.0528. The Bertz CT molecular complexity index is 1030. The van der Waals surface area contributed by atoms with E-state index in [0.717, 1.165) is 0 Å². The number of nitrogens with zero attached hydrogens (tertiary/aromatic N) is 2. The molecule has 9 heteroatoms. The number of aromatic nitrogens is 2. The highest BCUT2D eigenvalue weighted by molar-refractivity contribution is 7.92. The van der Waals surface area contributed by atoms with Crippen molar-refractivity contribution in [1.29, 1.82) is 0 Å². The Kier molecular flexibility index (Phi) is 4.65. The molecule has 0 amide bonds. The number of carbonyl (C=O) groups excluding carboxylic acids is 1. The summed E-state index contributed by atoms with van der Waals surface area (Å²) < 4.78 is 33.8. The Morgan fingerprint density at radius 1 is 1.28 bits per heavy atom. The second kappa shape index (κ2) is 6.73. The summed E-state index contributed by atoms with van der Waals surface area (Å²) in [6.45, 7) is 1.94. The number of halogens is 1. The molecule has 3 aromatic rings. The molecule has 0 saturated heterocycles. The first-order valence-electron chi connectivity index (χ1n) is 7.33. The van der Waals surface area contributed by atoms with Gasteiger partial charge in [0.05, 0.1) is 28.9 Å². The molecule has 0 saturated carbocycles. The fraction of sp³-hybridized carbons (Fsp3) is 0.125. The van der Waals surface area contributed by atoms with Crippen molar-refractivity contribution in [1.82, 2.24) is 9.61 Å². The summed E-state index contributed by atoms with van der Waals surface area (Å²) in [5, 5.41) is 4.49. The smallest absolute Gasteiger partial charge is 0.341 e. The number of carbonyl (C=O) groups is 1. The summed E-state index contributed by atoms with van der Waals surface area (Å²) in [6.07, 6.45) is 2.93. The molecule has 2 aromatic heterocycles. The van der Waals surface area contributed by atoms with Crippen molar-refractivity contribution in [3.63, 3.8) is 0 Å². The normalized spacial score (nSPS) is 11.4. The average molecular weight is 380 g/mol. The number of pyridine rings is 1. The Morgan fingerprint density at radius 3 is 2.68 bits per heavy atom. The molecular weight excluding hydrogens is 366 g/mol. The Labute approximate surface area is 149 Å². The molecule has 0 aliphatic carbocycles. The molecule has 130 valence electrons. The Hall–Kier alpha value is -2.58. The van der Waals surface area contributed by atoms with Crippen LogP contribution in [0.25, 0.3) is 5.52 Å². The lowest BCUT2D eigenvalue weighted by Gasteiger charge is -2.09. The molecule has 0 radical (unpaired) electrons. The molecule has 0 unspecified atom stereocenters. The molecular formula is C16H14ClN3O4S. The van der Waals surface area contributed by atoms with Crippen LogP contribution in [0.5, 0.6) is 0 Å². The summed E-state index contributed by atoms with van der Waals surface area (Å²) in [7, 11) is -3.78. The second-order valence-corrected chi connectivity index (χ2v) is 7.20. The lowest BCUT2D eigenvalue weighted by atomic mass is 10.2. The number of hydrogen-bond acceptors (Lipinski definition) is 5. The van der Waals surface area contributed by atoms with Crippen LogP contribution >= 0.6 is 11.6 Å². The van der Waals surface area contributed by atoms with Crippen LogP contribution in [0.2, 0.25) is 5.02 Å². The number of fused-ring (bicyclic) bond motifs is 1. The van der Waals surface area contributed by atoms with Crippen molar-refractivity contribution in [2.24, 2.45) is 0 Å². The predicted molar refractivity (Wildman–Crippen MR) is 93.4 cm³/mol. The third kappa shape index (κ3) is 3.59. The highest BCUT2D eigenvalue weighted by Crippen LogP contribution is 2.21. The Balaban J connectivity index is 1.95. The van der Waals surface area contributed by atoms with Crippen LogP contribution in [0.15, 0.2) is 53.7 Å². The van der Waals surface area contributed by atoms with Gasteiger partial charge in [-0.1, -0.05) is 11.6 Å². The zero-order valence-electron chi connectivity index (χ0n) is 13.1. The number of rotatable bonds is 5. The quantitative estimate of drug-likeness (QED) is 0.688. The molecule has 2 heterocycles. The minimum absolute atomic E-state index is 0.0795. The van der Waals surface area contributed by atoms with E-state index >= 15 is 0 Å². The summed E-state index contributed by atoms with van der Waals surface area (Å²) in [5.41, 5.74) is 0.998. The summed E-state index contributed by atoms with van der Waals surface area (Å²) in [6, 6.07) is 8.87. The van der Waals surface area contributed by atoms with Crippen molar-refractivity contribution < 1.29 is 17.9 Å². The van der Waals surface area contributed by atoms with Crippen molar-refractivity contribution in [2.45, 2.75) is 11.8 Å². The number of ether oxygens (including phenoxy) is 1. The van der Waals surface area contributed by atoms with Crippen molar-refractivity contribution in [2.75, 3.05) is 11.3 Å². The topological polar surface area (TPSA) is 89.8 Å². The summed E-state index contributed by atoms with van der Waals surface area (Å²) >= 11 is 5.78. The third-order valence-electron chi connectivity index (χ3n) is 3.39. The van der Waals surface area contributed by atoms with Gasteiger partial charge in [-0.05, 0) is 43.3 Å². The third-order valence-corrected chi connectivity index (χ3v) is 5.04. The molecule has 0 spiro atoms. The Morgan fingerprint density at radius 2 is 2.00 bits per heavy atom. The van der Waals surface area contributed by atoms with E-state index in [2.05, 4.69) is 9.82 Å². The lowest BCUT2D eigenvalue weighted by Crippen LogP contribution is -2.13. The van der Waals surface area contributed by atoms with E-state index in [9.17, 15) is 13.2 Å². The van der Waals surface area contributed by atoms with Gasteiger partial charge in [-0.3, -0.25) is 4.72 Å². The average Bonchev–Trinajstić information content (AvgIpc) is 2.98. The highest BCUT2D eigenvalue weighted by atomic mass is 35.5. The first kappa shape index (κ1) is 17.2. The van der Waals surface area contributed by atoms with Gasteiger partial charge < -0.3 is 4.74 Å². The molecule has 0 aliphatic rings. The van der Waals surface area contributed by atoms with Crippen LogP contribution in [0.4, 0.5) is 5.69 Å². The van der Waals surface area contributed by atoms with Gasteiger partial charge in [0.2, 0.25) is 0 Å². The number of benzene rings is 1. The van der Waals surface area contributed by atoms with E-state index in [-0.39, 0.29) is 17.1 Å². The van der Waals surface area contributed by atoms with Crippen LogP contribution < -0.4 is 4.72 Å². The maximum atomic E-state index is 12.4. The van der Waals surface area contributed by atoms with Crippen LogP contribution in [-0.2, 0) is 14.8 Å². The zero-order chi connectivity index (χ0) is 18.0. The van der Waals surface area contributed by atoms with Gasteiger partial charge in [0.15, 0.2) is 0 Å². The molecule has 7 nitrogen and oxygen atoms in total. The van der Waals surface area contributed by atoms with E-state index in [4.69, 9.17) is 16.3 Å². The maximum Gasteiger partial charge on any atom is 0.341 e. The first-order chi connectivity index (χ1) is 11.9. The summed E-state index contributed by atoms with van der Waals surface area (Å²) in [5.74, 6) is -0.518. The van der Waals surface area contributed by atoms with Gasteiger partial charge in [0, 0.05) is 11.2 Å². The van der Waals surface area contributed by atoms with Gasteiger partial charge in [-0.25, -0.2) is 17.7 Å². The number of esters is 1. The van der Waals surface area contributed by atoms with Gasteiger partial charge in [0.1, 0.15) is 5.56 Å². The van der Waals surface area contributed by atoms with Crippen LogP contribution in [-0.4, -0.2) is 30.6 Å². The van der Waals surface area contributed by atoms with Gasteiger partial charge >= 0.3 is 5.97 Å². The number of sulfonamides is 1. The van der Waals surface area contributed by atoms with E-state index in [1.807, 2.05) is 0 Å². The molecule has 0 fully saturated rings. The molecule has 1 aromatic carbocycles. The van der Waals surface area contributed by atoms with Gasteiger partial charge in [0.25, 0.3) is 10.0 Å². The molecule has 1 N–H and O–H groups in total. The van der Waals surface area contributed by atoms with Crippen molar-refractivity contribution >= 4 is 38.8 Å².